The van der Waals surface area contributed by atoms with Crippen molar-refractivity contribution >= 4 is 17.5 Å². The van der Waals surface area contributed by atoms with Crippen molar-refractivity contribution in [2.75, 3.05) is 6.54 Å². The first kappa shape index (κ1) is 12.7. The fourth-order valence-electron chi connectivity index (χ4n) is 1.49. The van der Waals surface area contributed by atoms with Crippen LogP contribution in [0.4, 0.5) is 0 Å². The smallest absolute Gasteiger partial charge is 0.254 e. The van der Waals surface area contributed by atoms with Gasteiger partial charge in [0.1, 0.15) is 6.26 Å². The van der Waals surface area contributed by atoms with Gasteiger partial charge in [-0.1, -0.05) is 23.7 Å². The van der Waals surface area contributed by atoms with E-state index in [2.05, 4.69) is 5.32 Å². The highest BCUT2D eigenvalue weighted by molar-refractivity contribution is 6.30. The predicted molar refractivity (Wildman–Crippen MR) is 67.5 cm³/mol. The number of aliphatic hydroxyl groups is 1. The number of amides is 1. The second kappa shape index (κ2) is 5.71. The van der Waals surface area contributed by atoms with Gasteiger partial charge >= 0.3 is 0 Å². The number of rotatable bonds is 4. The molecule has 1 amide bonds. The molecule has 0 fully saturated rings. The van der Waals surface area contributed by atoms with E-state index in [-0.39, 0.29) is 12.5 Å². The molecule has 0 aliphatic rings. The van der Waals surface area contributed by atoms with Gasteiger partial charge in [0.2, 0.25) is 0 Å². The van der Waals surface area contributed by atoms with Gasteiger partial charge in [0.25, 0.3) is 5.91 Å². The van der Waals surface area contributed by atoms with Gasteiger partial charge in [-0.3, -0.25) is 4.79 Å². The molecule has 1 aromatic carbocycles. The molecule has 0 aliphatic heterocycles. The summed E-state index contributed by atoms with van der Waals surface area (Å²) < 4.78 is 4.80. The summed E-state index contributed by atoms with van der Waals surface area (Å²) in [6.45, 7) is 0.131. The van der Waals surface area contributed by atoms with Crippen molar-refractivity contribution in [2.45, 2.75) is 6.10 Å². The van der Waals surface area contributed by atoms with Gasteiger partial charge in [-0.15, -0.1) is 0 Å². The Morgan fingerprint density at radius 3 is 2.67 bits per heavy atom. The number of hydrogen-bond acceptors (Lipinski definition) is 3. The lowest BCUT2D eigenvalue weighted by Gasteiger charge is -2.11. The molecule has 1 unspecified atom stereocenters. The third kappa shape index (κ3) is 3.12. The number of hydrogen-bond donors (Lipinski definition) is 2. The molecule has 0 saturated carbocycles. The SMILES string of the molecule is O=C(NCC(O)c1ccc(Cl)cc1)c1ccoc1. The number of aliphatic hydroxyl groups excluding tert-OH is 1. The maximum atomic E-state index is 11.6. The average Bonchev–Trinajstić information content (AvgIpc) is 2.90. The third-order valence-corrected chi connectivity index (χ3v) is 2.75. The minimum Gasteiger partial charge on any atom is -0.472 e. The first-order valence-electron chi connectivity index (χ1n) is 5.41. The highest BCUT2D eigenvalue weighted by atomic mass is 35.5. The van der Waals surface area contributed by atoms with Crippen LogP contribution in [-0.2, 0) is 0 Å². The van der Waals surface area contributed by atoms with E-state index < -0.39 is 6.10 Å². The van der Waals surface area contributed by atoms with Crippen LogP contribution < -0.4 is 5.32 Å². The lowest BCUT2D eigenvalue weighted by atomic mass is 10.1. The number of furan rings is 1. The maximum absolute atomic E-state index is 11.6. The highest BCUT2D eigenvalue weighted by Gasteiger charge is 2.11. The molecular formula is C13H12ClNO3. The van der Waals surface area contributed by atoms with Gasteiger partial charge in [-0.25, -0.2) is 0 Å². The van der Waals surface area contributed by atoms with E-state index in [1.54, 1.807) is 30.3 Å². The van der Waals surface area contributed by atoms with E-state index in [0.29, 0.717) is 16.1 Å². The van der Waals surface area contributed by atoms with E-state index in [0.717, 1.165) is 0 Å². The number of nitrogens with one attached hydrogen (secondary N) is 1. The van der Waals surface area contributed by atoms with Crippen LogP contribution in [0, 0.1) is 0 Å². The summed E-state index contributed by atoms with van der Waals surface area (Å²) in [5.74, 6) is -0.281. The molecule has 2 N–H and O–H groups in total. The number of benzene rings is 1. The molecule has 0 radical (unpaired) electrons. The molecule has 18 heavy (non-hydrogen) atoms. The Bertz CT molecular complexity index is 508. The predicted octanol–water partition coefficient (Wildman–Crippen LogP) is 2.40. The van der Waals surface area contributed by atoms with Crippen LogP contribution in [0.5, 0.6) is 0 Å². The largest absolute Gasteiger partial charge is 0.472 e. The second-order valence-corrected chi connectivity index (χ2v) is 4.23. The Balaban J connectivity index is 1.90. The fourth-order valence-corrected chi connectivity index (χ4v) is 1.61. The van der Waals surface area contributed by atoms with Crippen LogP contribution in [0.3, 0.4) is 0 Å². The second-order valence-electron chi connectivity index (χ2n) is 3.79. The van der Waals surface area contributed by atoms with E-state index in [4.69, 9.17) is 16.0 Å². The van der Waals surface area contributed by atoms with Crippen LogP contribution in [0.15, 0.2) is 47.3 Å². The van der Waals surface area contributed by atoms with Crippen molar-refractivity contribution in [3.63, 3.8) is 0 Å². The van der Waals surface area contributed by atoms with Crippen molar-refractivity contribution in [1.29, 1.82) is 0 Å². The molecule has 2 rings (SSSR count). The first-order valence-corrected chi connectivity index (χ1v) is 5.78. The van der Waals surface area contributed by atoms with Crippen molar-refractivity contribution in [2.24, 2.45) is 0 Å². The molecule has 4 nitrogen and oxygen atoms in total. The Hall–Kier alpha value is -1.78. The van der Waals surface area contributed by atoms with Crippen LogP contribution in [0.2, 0.25) is 5.02 Å². The first-order chi connectivity index (χ1) is 8.66. The molecule has 5 heteroatoms. The van der Waals surface area contributed by atoms with Gasteiger partial charge in [-0.05, 0) is 23.8 Å². The maximum Gasteiger partial charge on any atom is 0.254 e. The zero-order valence-electron chi connectivity index (χ0n) is 9.47. The zero-order valence-corrected chi connectivity index (χ0v) is 10.2. The lowest BCUT2D eigenvalue weighted by molar-refractivity contribution is 0.0915. The molecule has 1 atom stereocenters. The highest BCUT2D eigenvalue weighted by Crippen LogP contribution is 2.15. The molecule has 2 aromatic rings. The molecular weight excluding hydrogens is 254 g/mol. The third-order valence-electron chi connectivity index (χ3n) is 2.49. The summed E-state index contributed by atoms with van der Waals surface area (Å²) in [6.07, 6.45) is 2.01. The van der Waals surface area contributed by atoms with Gasteiger partial charge in [0, 0.05) is 11.6 Å². The molecule has 1 heterocycles. The minimum atomic E-state index is -0.766. The van der Waals surface area contributed by atoms with Crippen molar-refractivity contribution in [3.8, 4) is 0 Å². The quantitative estimate of drug-likeness (QED) is 0.892. The van der Waals surface area contributed by atoms with Gasteiger partial charge in [0.15, 0.2) is 0 Å². The molecule has 1 aromatic heterocycles. The Morgan fingerprint density at radius 2 is 2.06 bits per heavy atom. The molecule has 0 bridgehead atoms. The van der Waals surface area contributed by atoms with Crippen LogP contribution >= 0.6 is 11.6 Å². The Kier molecular flexibility index (Phi) is 4.02. The zero-order chi connectivity index (χ0) is 13.0. The van der Waals surface area contributed by atoms with Crippen molar-refractivity contribution in [1.82, 2.24) is 5.32 Å². The molecule has 94 valence electrons. The topological polar surface area (TPSA) is 62.5 Å². The van der Waals surface area contributed by atoms with Crippen LogP contribution in [-0.4, -0.2) is 17.6 Å². The number of carbonyl (C=O) groups is 1. The minimum absolute atomic E-state index is 0.131. The van der Waals surface area contributed by atoms with Gasteiger partial charge in [-0.2, -0.15) is 0 Å². The van der Waals surface area contributed by atoms with E-state index in [9.17, 15) is 9.90 Å². The normalized spacial score (nSPS) is 12.1. The summed E-state index contributed by atoms with van der Waals surface area (Å²) in [5, 5.41) is 13.1. The standard InChI is InChI=1S/C13H12ClNO3/c14-11-3-1-9(2-4-11)12(16)7-15-13(17)10-5-6-18-8-10/h1-6,8,12,16H,7H2,(H,15,17). The summed E-state index contributed by atoms with van der Waals surface area (Å²) in [5.41, 5.74) is 1.13. The van der Waals surface area contributed by atoms with Crippen LogP contribution in [0.1, 0.15) is 22.0 Å². The Labute approximate surface area is 109 Å². The van der Waals surface area contributed by atoms with Crippen molar-refractivity contribution < 1.29 is 14.3 Å². The van der Waals surface area contributed by atoms with Gasteiger partial charge < -0.3 is 14.8 Å². The summed E-state index contributed by atoms with van der Waals surface area (Å²) in [7, 11) is 0. The van der Waals surface area contributed by atoms with Gasteiger partial charge in [0.05, 0.1) is 17.9 Å². The summed E-state index contributed by atoms with van der Waals surface area (Å²) >= 11 is 5.75. The monoisotopic (exact) mass is 265 g/mol. The van der Waals surface area contributed by atoms with E-state index >= 15 is 0 Å². The van der Waals surface area contributed by atoms with E-state index in [1.807, 2.05) is 0 Å². The molecule has 0 spiro atoms. The van der Waals surface area contributed by atoms with E-state index in [1.165, 1.54) is 12.5 Å². The number of halogens is 1. The molecule has 0 aliphatic carbocycles. The number of carbonyl (C=O) groups excluding carboxylic acids is 1. The lowest BCUT2D eigenvalue weighted by Crippen LogP contribution is -2.28. The summed E-state index contributed by atoms with van der Waals surface area (Å²) in [6, 6.07) is 8.38. The van der Waals surface area contributed by atoms with Crippen molar-refractivity contribution in [3.05, 3.63) is 59.0 Å². The molecule has 0 saturated heterocycles. The average molecular weight is 266 g/mol. The Morgan fingerprint density at radius 1 is 1.33 bits per heavy atom. The fraction of sp³-hybridized carbons (Fsp3) is 0.154. The summed E-state index contributed by atoms with van der Waals surface area (Å²) in [4.78, 5) is 11.6. The van der Waals surface area contributed by atoms with Crippen LogP contribution in [0.25, 0.3) is 0 Å².